The molecule has 2 spiro atoms. The first-order valence-electron chi connectivity index (χ1n) is 20.4. The zero-order valence-corrected chi connectivity index (χ0v) is 31.1. The largest absolute Gasteiger partial charge is 0.311 e. The molecular formula is C54H30N4+2. The molecule has 0 N–H and O–H groups in total. The molecule has 16 rings (SSSR count). The molecule has 4 nitrogen and oxygen atoms in total. The van der Waals surface area contributed by atoms with E-state index in [2.05, 4.69) is 200 Å². The fourth-order valence-electron chi connectivity index (χ4n) is 13.0. The van der Waals surface area contributed by atoms with E-state index in [1.807, 2.05) is 0 Å². The molecule has 1 atom stereocenters. The van der Waals surface area contributed by atoms with E-state index >= 15 is 0 Å². The van der Waals surface area contributed by atoms with Crippen molar-refractivity contribution in [3.05, 3.63) is 216 Å². The Bertz CT molecular complexity index is 3950. The van der Waals surface area contributed by atoms with E-state index in [4.69, 9.17) is 0 Å². The average molecular weight is 735 g/mol. The Morgan fingerprint density at radius 2 is 1.00 bits per heavy atom. The van der Waals surface area contributed by atoms with Crippen LogP contribution in [0.25, 0.3) is 87.6 Å². The number of benzene rings is 8. The summed E-state index contributed by atoms with van der Waals surface area (Å²) in [6.45, 7) is 0. The molecule has 4 heteroatoms. The van der Waals surface area contributed by atoms with Crippen LogP contribution in [0.4, 0.5) is 0 Å². The zero-order valence-electron chi connectivity index (χ0n) is 31.1. The number of hydrogen-bond acceptors (Lipinski definition) is 0. The van der Waals surface area contributed by atoms with Crippen molar-refractivity contribution in [1.82, 2.24) is 8.97 Å². The smallest absolute Gasteiger partial charge is 0.194 e. The molecule has 6 heterocycles. The van der Waals surface area contributed by atoms with Crippen molar-refractivity contribution >= 4 is 70.7 Å². The molecule has 0 radical (unpaired) electrons. The van der Waals surface area contributed by atoms with Gasteiger partial charge in [-0.15, -0.1) is 0 Å². The predicted molar refractivity (Wildman–Crippen MR) is 231 cm³/mol. The highest BCUT2D eigenvalue weighted by molar-refractivity contribution is 6.32. The van der Waals surface area contributed by atoms with E-state index in [0.717, 1.165) is 0 Å². The molecule has 12 aromatic rings. The van der Waals surface area contributed by atoms with Gasteiger partial charge in [-0.3, -0.25) is 0 Å². The van der Waals surface area contributed by atoms with Gasteiger partial charge in [-0.05, 0) is 73.8 Å². The monoisotopic (exact) mass is 734 g/mol. The first-order chi connectivity index (χ1) is 28.8. The van der Waals surface area contributed by atoms with Crippen LogP contribution in [0.5, 0.6) is 0 Å². The predicted octanol–water partition coefficient (Wildman–Crippen LogP) is 10.8. The van der Waals surface area contributed by atoms with E-state index in [9.17, 15) is 0 Å². The van der Waals surface area contributed by atoms with Gasteiger partial charge in [-0.2, -0.15) is 18.1 Å². The van der Waals surface area contributed by atoms with Crippen LogP contribution in [0, 0.1) is 0 Å². The molecule has 0 amide bonds. The summed E-state index contributed by atoms with van der Waals surface area (Å²) in [5.41, 5.74) is 14.6. The minimum Gasteiger partial charge on any atom is -0.194 e. The Morgan fingerprint density at radius 3 is 1.79 bits per heavy atom. The molecular weight excluding hydrogens is 705 g/mol. The first kappa shape index (κ1) is 28.8. The average Bonchev–Trinajstić information content (AvgIpc) is 4.03. The van der Waals surface area contributed by atoms with Gasteiger partial charge in [0.15, 0.2) is 5.52 Å². The molecule has 264 valence electrons. The molecule has 4 aliphatic rings. The maximum absolute atomic E-state index is 2.65. The summed E-state index contributed by atoms with van der Waals surface area (Å²) in [5, 5.41) is 11.7. The topological polar surface area (TPSA) is 17.1 Å². The van der Waals surface area contributed by atoms with Crippen molar-refractivity contribution < 1.29 is 9.13 Å². The van der Waals surface area contributed by atoms with Crippen LogP contribution >= 0.6 is 0 Å². The van der Waals surface area contributed by atoms with Gasteiger partial charge in [-0.1, -0.05) is 133 Å². The van der Waals surface area contributed by atoms with E-state index in [-0.39, 0.29) is 0 Å². The van der Waals surface area contributed by atoms with E-state index < -0.39 is 11.1 Å². The number of hydrogen-bond donors (Lipinski definition) is 0. The van der Waals surface area contributed by atoms with Gasteiger partial charge in [0, 0.05) is 33.0 Å². The number of pyridine rings is 2. The summed E-state index contributed by atoms with van der Waals surface area (Å²) >= 11 is 0. The maximum atomic E-state index is 2.65. The van der Waals surface area contributed by atoms with Gasteiger partial charge in [0.1, 0.15) is 29.0 Å². The van der Waals surface area contributed by atoms with Crippen LogP contribution in [0.3, 0.4) is 0 Å². The van der Waals surface area contributed by atoms with Crippen LogP contribution in [0.15, 0.2) is 182 Å². The fourth-order valence-corrected chi connectivity index (χ4v) is 13.0. The molecule has 8 aromatic carbocycles. The fraction of sp³-hybridized carbons (Fsp3) is 0.0370. The summed E-state index contributed by atoms with van der Waals surface area (Å²) in [6, 6.07) is 62.2. The van der Waals surface area contributed by atoms with Crippen LogP contribution in [0.2, 0.25) is 0 Å². The van der Waals surface area contributed by atoms with Gasteiger partial charge < -0.3 is 0 Å². The second kappa shape index (κ2) is 9.18. The van der Waals surface area contributed by atoms with E-state index in [0.29, 0.717) is 0 Å². The van der Waals surface area contributed by atoms with Crippen molar-refractivity contribution in [3.63, 3.8) is 0 Å². The molecule has 2 aliphatic carbocycles. The number of para-hydroxylation sites is 1. The number of fused-ring (bicyclic) bond motifs is 20. The Hall–Kier alpha value is -7.56. The summed E-state index contributed by atoms with van der Waals surface area (Å²) in [7, 11) is 0. The third-order valence-electron chi connectivity index (χ3n) is 14.7. The van der Waals surface area contributed by atoms with Crippen molar-refractivity contribution in [3.8, 4) is 16.9 Å². The lowest BCUT2D eigenvalue weighted by atomic mass is 9.58. The Morgan fingerprint density at radius 1 is 0.397 bits per heavy atom. The standard InChI is InChI=1S/C54H30N4/c1-3-18-36-31(13-1)32-14-2-4-19-37(32)50-46(36)39-25-27-42-48-47(39)52-55(50)29-30-57(52)54(48)49-43(53(42)40-20-8-5-15-33(40)34-16-6-9-21-41(34)53)26-24-38-35-17-7-10-22-44(35)58(51(38)49)45-23-11-12-28-56(45)54/h1-30H/q+2. The summed E-state index contributed by atoms with van der Waals surface area (Å²) < 4.78 is 10.4. The quantitative estimate of drug-likeness (QED) is 0.109. The number of imidazole rings is 1. The normalized spacial score (nSPS) is 17.2. The molecule has 0 bridgehead atoms. The van der Waals surface area contributed by atoms with Crippen molar-refractivity contribution in [2.75, 3.05) is 0 Å². The molecule has 2 aliphatic heterocycles. The number of nitrogens with zero attached hydrogens (tertiary/aromatic N) is 4. The van der Waals surface area contributed by atoms with Gasteiger partial charge in [0.05, 0.1) is 22.6 Å². The number of aromatic nitrogens is 4. The highest BCUT2D eigenvalue weighted by Gasteiger charge is 2.68. The van der Waals surface area contributed by atoms with Gasteiger partial charge in [0.25, 0.3) is 11.5 Å². The number of rotatable bonds is 0. The van der Waals surface area contributed by atoms with Crippen LogP contribution < -0.4 is 9.13 Å². The van der Waals surface area contributed by atoms with Gasteiger partial charge in [-0.25, -0.2) is 0 Å². The van der Waals surface area contributed by atoms with Crippen LogP contribution in [-0.4, -0.2) is 8.97 Å². The minimum atomic E-state index is -0.706. The lowest BCUT2D eigenvalue weighted by Gasteiger charge is -2.45. The van der Waals surface area contributed by atoms with E-state index in [1.54, 1.807) is 0 Å². The Kier molecular flexibility index (Phi) is 4.55. The van der Waals surface area contributed by atoms with E-state index in [1.165, 1.54) is 121 Å². The third kappa shape index (κ3) is 2.69. The SMILES string of the molecule is c1ccc2c(c1)-c1ccccc1C21c2ccc3c4c2C2(c5c1ccc1c6ccccc6n(c51)-c1cccc[n+]12)[n+]1ccn(c2c5ccccc5c5ccccc5c32)c41. The molecule has 58 heavy (non-hydrogen) atoms. The minimum absolute atomic E-state index is 0.542. The summed E-state index contributed by atoms with van der Waals surface area (Å²) in [4.78, 5) is 0. The van der Waals surface area contributed by atoms with Gasteiger partial charge >= 0.3 is 5.66 Å². The molecule has 1 unspecified atom stereocenters. The highest BCUT2D eigenvalue weighted by atomic mass is 15.4. The maximum Gasteiger partial charge on any atom is 0.311 e. The first-order valence-corrected chi connectivity index (χ1v) is 20.4. The molecule has 0 saturated heterocycles. The third-order valence-corrected chi connectivity index (χ3v) is 14.7. The summed E-state index contributed by atoms with van der Waals surface area (Å²) in [6.07, 6.45) is 7.08. The second-order valence-corrected chi connectivity index (χ2v) is 16.8. The van der Waals surface area contributed by atoms with Crippen LogP contribution in [-0.2, 0) is 11.1 Å². The summed E-state index contributed by atoms with van der Waals surface area (Å²) in [5.74, 6) is 1.17. The lowest BCUT2D eigenvalue weighted by molar-refractivity contribution is -0.956. The molecule has 0 fully saturated rings. The molecule has 0 saturated carbocycles. The zero-order chi connectivity index (χ0) is 37.2. The van der Waals surface area contributed by atoms with Crippen molar-refractivity contribution in [2.24, 2.45) is 0 Å². The van der Waals surface area contributed by atoms with Crippen LogP contribution in [0.1, 0.15) is 33.4 Å². The second-order valence-electron chi connectivity index (χ2n) is 16.8. The van der Waals surface area contributed by atoms with Crippen molar-refractivity contribution in [1.29, 1.82) is 0 Å². The van der Waals surface area contributed by atoms with Gasteiger partial charge in [0.2, 0.25) is 0 Å². The Balaban J connectivity index is 1.26. The lowest BCUT2D eigenvalue weighted by Crippen LogP contribution is -2.76. The molecule has 4 aromatic heterocycles. The van der Waals surface area contributed by atoms with Crippen molar-refractivity contribution in [2.45, 2.75) is 11.1 Å². The highest BCUT2D eigenvalue weighted by Crippen LogP contribution is 2.65. The Labute approximate surface area is 331 Å².